The fraction of sp³-hybridized carbons (Fsp3) is 0.467. The Labute approximate surface area is 135 Å². The maximum Gasteiger partial charge on any atom is 0.337 e. The highest BCUT2D eigenvalue weighted by Gasteiger charge is 2.25. The molecule has 0 atom stereocenters. The van der Waals surface area contributed by atoms with Crippen molar-refractivity contribution < 1.29 is 22.7 Å². The van der Waals surface area contributed by atoms with Crippen molar-refractivity contribution >= 4 is 27.6 Å². The first-order chi connectivity index (χ1) is 10.9. The molecule has 1 aliphatic heterocycles. The number of anilines is 1. The van der Waals surface area contributed by atoms with E-state index in [-0.39, 0.29) is 12.2 Å². The molecular formula is C15H20N2O5S. The Morgan fingerprint density at radius 1 is 1.26 bits per heavy atom. The van der Waals surface area contributed by atoms with Crippen LogP contribution in [0.2, 0.25) is 0 Å². The van der Waals surface area contributed by atoms with E-state index in [4.69, 9.17) is 0 Å². The van der Waals surface area contributed by atoms with Crippen LogP contribution < -0.4 is 5.32 Å². The third-order valence-corrected chi connectivity index (χ3v) is 5.48. The number of hydrogen-bond acceptors (Lipinski definition) is 5. The highest BCUT2D eigenvalue weighted by molar-refractivity contribution is 7.89. The van der Waals surface area contributed by atoms with Crippen LogP contribution in [0.15, 0.2) is 24.3 Å². The van der Waals surface area contributed by atoms with E-state index in [1.165, 1.54) is 17.5 Å². The Bertz CT molecular complexity index is 681. The fourth-order valence-electron chi connectivity index (χ4n) is 2.38. The molecule has 1 aliphatic rings. The van der Waals surface area contributed by atoms with Gasteiger partial charge in [0, 0.05) is 25.2 Å². The number of benzene rings is 1. The summed E-state index contributed by atoms with van der Waals surface area (Å²) in [6, 6.07) is 6.29. The van der Waals surface area contributed by atoms with Gasteiger partial charge in [0.2, 0.25) is 15.9 Å². The molecule has 1 fully saturated rings. The van der Waals surface area contributed by atoms with Crippen LogP contribution in [0.3, 0.4) is 0 Å². The van der Waals surface area contributed by atoms with Crippen molar-refractivity contribution in [2.45, 2.75) is 19.3 Å². The second-order valence-electron chi connectivity index (χ2n) is 5.29. The smallest absolute Gasteiger partial charge is 0.337 e. The Morgan fingerprint density at radius 2 is 1.96 bits per heavy atom. The van der Waals surface area contributed by atoms with Crippen molar-refractivity contribution in [2.75, 3.05) is 31.3 Å². The molecule has 8 heteroatoms. The number of hydrogen-bond donors (Lipinski definition) is 1. The highest BCUT2D eigenvalue weighted by atomic mass is 32.2. The van der Waals surface area contributed by atoms with Gasteiger partial charge in [-0.1, -0.05) is 6.07 Å². The van der Waals surface area contributed by atoms with Gasteiger partial charge in [-0.05, 0) is 31.0 Å². The molecule has 0 saturated carbocycles. The maximum absolute atomic E-state index is 12.1. The second kappa shape index (κ2) is 7.56. The van der Waals surface area contributed by atoms with Gasteiger partial charge in [0.15, 0.2) is 0 Å². The van der Waals surface area contributed by atoms with Gasteiger partial charge in [0.05, 0.1) is 18.4 Å². The van der Waals surface area contributed by atoms with Crippen LogP contribution in [0.5, 0.6) is 0 Å². The van der Waals surface area contributed by atoms with Gasteiger partial charge in [0.1, 0.15) is 0 Å². The molecule has 0 radical (unpaired) electrons. The summed E-state index contributed by atoms with van der Waals surface area (Å²) in [4.78, 5) is 23.4. The quantitative estimate of drug-likeness (QED) is 0.786. The van der Waals surface area contributed by atoms with Crippen LogP contribution in [0.25, 0.3) is 0 Å². The first kappa shape index (κ1) is 17.4. The van der Waals surface area contributed by atoms with E-state index in [0.29, 0.717) is 24.3 Å². The van der Waals surface area contributed by atoms with Crippen LogP contribution >= 0.6 is 0 Å². The summed E-state index contributed by atoms with van der Waals surface area (Å²) < 4.78 is 30.2. The van der Waals surface area contributed by atoms with Crippen LogP contribution in [-0.2, 0) is 19.6 Å². The van der Waals surface area contributed by atoms with Gasteiger partial charge in [-0.2, -0.15) is 0 Å². The molecule has 0 aliphatic carbocycles. The average Bonchev–Trinajstić information content (AvgIpc) is 3.08. The molecule has 2 rings (SSSR count). The summed E-state index contributed by atoms with van der Waals surface area (Å²) in [6.07, 6.45) is 1.61. The number of sulfonamides is 1. The van der Waals surface area contributed by atoms with Crippen molar-refractivity contribution in [3.8, 4) is 0 Å². The summed E-state index contributed by atoms with van der Waals surface area (Å²) in [5.41, 5.74) is 0.742. The molecule has 0 unspecified atom stereocenters. The lowest BCUT2D eigenvalue weighted by Crippen LogP contribution is -2.31. The van der Waals surface area contributed by atoms with Gasteiger partial charge in [-0.15, -0.1) is 0 Å². The number of rotatable bonds is 6. The summed E-state index contributed by atoms with van der Waals surface area (Å²) in [6.45, 7) is 1.07. The summed E-state index contributed by atoms with van der Waals surface area (Å²) in [5.74, 6) is -1.12. The summed E-state index contributed by atoms with van der Waals surface area (Å²) >= 11 is 0. The molecular weight excluding hydrogens is 320 g/mol. The van der Waals surface area contributed by atoms with E-state index in [1.807, 2.05) is 0 Å². The Morgan fingerprint density at radius 3 is 2.61 bits per heavy atom. The van der Waals surface area contributed by atoms with E-state index in [1.54, 1.807) is 18.2 Å². The summed E-state index contributed by atoms with van der Waals surface area (Å²) in [7, 11) is -2.10. The molecule has 1 heterocycles. The minimum Gasteiger partial charge on any atom is -0.465 e. The molecule has 1 aromatic carbocycles. The zero-order chi connectivity index (χ0) is 16.9. The SMILES string of the molecule is COC(=O)c1cccc(NC(=O)CCS(=O)(=O)N2CCCC2)c1. The molecule has 23 heavy (non-hydrogen) atoms. The van der Waals surface area contributed by atoms with E-state index < -0.39 is 21.9 Å². The zero-order valence-corrected chi connectivity index (χ0v) is 13.8. The molecule has 7 nitrogen and oxygen atoms in total. The van der Waals surface area contributed by atoms with Gasteiger partial charge >= 0.3 is 5.97 Å². The topological polar surface area (TPSA) is 92.8 Å². The summed E-state index contributed by atoms with van der Waals surface area (Å²) in [5, 5.41) is 2.59. The monoisotopic (exact) mass is 340 g/mol. The number of nitrogens with zero attached hydrogens (tertiary/aromatic N) is 1. The number of esters is 1. The largest absolute Gasteiger partial charge is 0.465 e. The molecule has 126 valence electrons. The predicted molar refractivity (Wildman–Crippen MR) is 85.6 cm³/mol. The highest BCUT2D eigenvalue weighted by Crippen LogP contribution is 2.15. The lowest BCUT2D eigenvalue weighted by molar-refractivity contribution is -0.115. The molecule has 0 bridgehead atoms. The normalized spacial score (nSPS) is 15.3. The Hall–Kier alpha value is -1.93. The lowest BCUT2D eigenvalue weighted by Gasteiger charge is -2.15. The number of carbonyl (C=O) groups excluding carboxylic acids is 2. The minimum absolute atomic E-state index is 0.124. The standard InChI is InChI=1S/C15H20N2O5S/c1-22-15(19)12-5-4-6-13(11-12)16-14(18)7-10-23(20,21)17-8-2-3-9-17/h4-6,11H,2-3,7-10H2,1H3,(H,16,18). The molecule has 0 spiro atoms. The van der Waals surface area contributed by atoms with E-state index in [9.17, 15) is 18.0 Å². The lowest BCUT2D eigenvalue weighted by atomic mass is 10.2. The molecule has 1 amide bonds. The van der Waals surface area contributed by atoms with Crippen LogP contribution in [0, 0.1) is 0 Å². The predicted octanol–water partition coefficient (Wildman–Crippen LogP) is 1.23. The van der Waals surface area contributed by atoms with Crippen LogP contribution in [-0.4, -0.2) is 50.6 Å². The molecule has 1 saturated heterocycles. The number of amides is 1. The van der Waals surface area contributed by atoms with E-state index >= 15 is 0 Å². The van der Waals surface area contributed by atoms with Gasteiger partial charge in [-0.3, -0.25) is 4.79 Å². The van der Waals surface area contributed by atoms with Crippen molar-refractivity contribution in [1.82, 2.24) is 4.31 Å². The minimum atomic E-state index is -3.37. The first-order valence-corrected chi connectivity index (χ1v) is 8.99. The number of carbonyl (C=O) groups is 2. The van der Waals surface area contributed by atoms with Crippen molar-refractivity contribution in [3.05, 3.63) is 29.8 Å². The van der Waals surface area contributed by atoms with Gasteiger partial charge in [-0.25, -0.2) is 17.5 Å². The number of ether oxygens (including phenoxy) is 1. The van der Waals surface area contributed by atoms with Gasteiger partial charge in [0.25, 0.3) is 0 Å². The number of nitrogens with one attached hydrogen (secondary N) is 1. The number of methoxy groups -OCH3 is 1. The van der Waals surface area contributed by atoms with Crippen LogP contribution in [0.1, 0.15) is 29.6 Å². The third-order valence-electron chi connectivity index (χ3n) is 3.61. The Balaban J connectivity index is 1.91. The van der Waals surface area contributed by atoms with E-state index in [0.717, 1.165) is 12.8 Å². The van der Waals surface area contributed by atoms with Crippen molar-refractivity contribution in [2.24, 2.45) is 0 Å². The molecule has 0 aromatic heterocycles. The zero-order valence-electron chi connectivity index (χ0n) is 12.9. The second-order valence-corrected chi connectivity index (χ2v) is 7.38. The van der Waals surface area contributed by atoms with Gasteiger partial charge < -0.3 is 10.1 Å². The first-order valence-electron chi connectivity index (χ1n) is 7.38. The third kappa shape index (κ3) is 4.77. The molecule has 1 N–H and O–H groups in total. The fourth-order valence-corrected chi connectivity index (χ4v) is 3.90. The maximum atomic E-state index is 12.1. The molecule has 1 aromatic rings. The van der Waals surface area contributed by atoms with E-state index in [2.05, 4.69) is 10.1 Å². The van der Waals surface area contributed by atoms with Crippen molar-refractivity contribution in [1.29, 1.82) is 0 Å². The Kier molecular flexibility index (Phi) is 5.73. The van der Waals surface area contributed by atoms with Crippen molar-refractivity contribution in [3.63, 3.8) is 0 Å². The average molecular weight is 340 g/mol. The van der Waals surface area contributed by atoms with Crippen LogP contribution in [0.4, 0.5) is 5.69 Å².